The Balaban J connectivity index is 1.98. The molecule has 0 radical (unpaired) electrons. The van der Waals surface area contributed by atoms with E-state index in [9.17, 15) is 4.79 Å². The zero-order valence-electron chi connectivity index (χ0n) is 14.3. The molecule has 0 N–H and O–H groups in total. The average molecular weight is 332 g/mol. The first-order chi connectivity index (χ1) is 10.9. The first kappa shape index (κ1) is 16.4. The fourth-order valence-electron chi connectivity index (χ4n) is 2.83. The molecule has 1 aliphatic rings. The number of amides is 1. The minimum absolute atomic E-state index is 0.102. The molecule has 1 unspecified atom stereocenters. The van der Waals surface area contributed by atoms with Gasteiger partial charge in [0.15, 0.2) is 5.13 Å². The van der Waals surface area contributed by atoms with Gasteiger partial charge in [-0.3, -0.25) is 9.69 Å². The molecule has 0 spiro atoms. The summed E-state index contributed by atoms with van der Waals surface area (Å²) in [5, 5.41) is 0.782. The Morgan fingerprint density at radius 2 is 2.22 bits per heavy atom. The van der Waals surface area contributed by atoms with Gasteiger partial charge in [-0.1, -0.05) is 44.2 Å². The number of benzene rings is 1. The number of nitrogens with zero attached hydrogens (tertiary/aromatic N) is 2. The third-order valence-electron chi connectivity index (χ3n) is 4.14. The van der Waals surface area contributed by atoms with Crippen molar-refractivity contribution in [2.24, 2.45) is 5.41 Å². The number of fused-ring (bicyclic) bond motifs is 1. The first-order valence-electron chi connectivity index (χ1n) is 8.16. The van der Waals surface area contributed by atoms with E-state index in [2.05, 4.69) is 19.1 Å². The highest BCUT2D eigenvalue weighted by molar-refractivity contribution is 7.22. The van der Waals surface area contributed by atoms with Gasteiger partial charge >= 0.3 is 0 Å². The van der Waals surface area contributed by atoms with Gasteiger partial charge in [-0.05, 0) is 31.4 Å². The number of hydrogen-bond donors (Lipinski definition) is 0. The van der Waals surface area contributed by atoms with Crippen LogP contribution in [0.15, 0.2) is 18.2 Å². The van der Waals surface area contributed by atoms with E-state index in [1.165, 1.54) is 0 Å². The monoisotopic (exact) mass is 332 g/mol. The number of anilines is 1. The first-order valence-corrected chi connectivity index (χ1v) is 8.97. The van der Waals surface area contributed by atoms with Crippen molar-refractivity contribution in [2.75, 3.05) is 18.1 Å². The van der Waals surface area contributed by atoms with E-state index >= 15 is 0 Å². The van der Waals surface area contributed by atoms with Crippen molar-refractivity contribution in [2.45, 2.75) is 46.6 Å². The van der Waals surface area contributed by atoms with Gasteiger partial charge in [-0.15, -0.1) is 0 Å². The lowest BCUT2D eigenvalue weighted by Gasteiger charge is -2.29. The maximum Gasteiger partial charge on any atom is 0.234 e. The van der Waals surface area contributed by atoms with E-state index < -0.39 is 5.41 Å². The van der Waals surface area contributed by atoms with Crippen molar-refractivity contribution in [3.8, 4) is 0 Å². The molecule has 1 atom stereocenters. The Morgan fingerprint density at radius 1 is 1.43 bits per heavy atom. The molecule has 1 aliphatic heterocycles. The van der Waals surface area contributed by atoms with Gasteiger partial charge < -0.3 is 4.74 Å². The lowest BCUT2D eigenvalue weighted by molar-refractivity contribution is -0.126. The van der Waals surface area contributed by atoms with Crippen molar-refractivity contribution < 1.29 is 9.53 Å². The van der Waals surface area contributed by atoms with Crippen molar-refractivity contribution in [1.82, 2.24) is 4.98 Å². The lowest BCUT2D eigenvalue weighted by atomic mass is 9.94. The summed E-state index contributed by atoms with van der Waals surface area (Å²) in [4.78, 5) is 19.5. The molecular weight excluding hydrogens is 308 g/mol. The number of thiazole rings is 1. The van der Waals surface area contributed by atoms with Crippen LogP contribution in [-0.2, 0) is 9.53 Å². The second-order valence-corrected chi connectivity index (χ2v) is 8.23. The predicted octanol–water partition coefficient (Wildman–Crippen LogP) is 4.16. The molecule has 1 aromatic heterocycles. The number of para-hydroxylation sites is 1. The third kappa shape index (κ3) is 3.40. The summed E-state index contributed by atoms with van der Waals surface area (Å²) in [6.45, 7) is 9.31. The molecular formula is C18H24N2O2S. The molecule has 23 heavy (non-hydrogen) atoms. The molecule has 1 saturated heterocycles. The summed E-state index contributed by atoms with van der Waals surface area (Å²) in [6, 6.07) is 6.16. The van der Waals surface area contributed by atoms with Crippen molar-refractivity contribution in [3.63, 3.8) is 0 Å². The van der Waals surface area contributed by atoms with Crippen LogP contribution in [0.3, 0.4) is 0 Å². The summed E-state index contributed by atoms with van der Waals surface area (Å²) < 4.78 is 6.87. The van der Waals surface area contributed by atoms with Crippen molar-refractivity contribution in [3.05, 3.63) is 23.8 Å². The highest BCUT2D eigenvalue weighted by Gasteiger charge is 2.32. The van der Waals surface area contributed by atoms with Gasteiger partial charge in [0.05, 0.1) is 22.9 Å². The van der Waals surface area contributed by atoms with E-state index in [1.54, 1.807) is 11.3 Å². The Hall–Kier alpha value is -1.46. The number of rotatable bonds is 3. The largest absolute Gasteiger partial charge is 0.376 e. The number of hydrogen-bond acceptors (Lipinski definition) is 4. The molecule has 1 amide bonds. The normalized spacial score (nSPS) is 18.5. The summed E-state index contributed by atoms with van der Waals surface area (Å²) in [5.74, 6) is 0.102. The van der Waals surface area contributed by atoms with Crippen LogP contribution in [0.1, 0.15) is 39.2 Å². The summed E-state index contributed by atoms with van der Waals surface area (Å²) in [5.41, 5.74) is 1.70. The topological polar surface area (TPSA) is 42.4 Å². The van der Waals surface area contributed by atoms with E-state index in [0.717, 1.165) is 40.4 Å². The molecule has 5 heteroatoms. The molecule has 1 fully saturated rings. The smallest absolute Gasteiger partial charge is 0.234 e. The van der Waals surface area contributed by atoms with Gasteiger partial charge in [0.1, 0.15) is 0 Å². The fourth-order valence-corrected chi connectivity index (χ4v) is 3.89. The number of carbonyl (C=O) groups excluding carboxylic acids is 1. The van der Waals surface area contributed by atoms with Gasteiger partial charge in [0.25, 0.3) is 0 Å². The average Bonchev–Trinajstić information content (AvgIpc) is 3.12. The Bertz CT molecular complexity index is 711. The summed E-state index contributed by atoms with van der Waals surface area (Å²) in [7, 11) is 0. The van der Waals surface area contributed by atoms with Crippen molar-refractivity contribution >= 4 is 32.6 Å². The maximum absolute atomic E-state index is 13.0. The Kier molecular flexibility index (Phi) is 4.43. The number of carbonyl (C=O) groups is 1. The molecule has 3 rings (SSSR count). The quantitative estimate of drug-likeness (QED) is 0.847. The molecule has 124 valence electrons. The number of aromatic nitrogens is 1. The van der Waals surface area contributed by atoms with Gasteiger partial charge in [-0.2, -0.15) is 0 Å². The van der Waals surface area contributed by atoms with Crippen LogP contribution in [0, 0.1) is 12.3 Å². The van der Waals surface area contributed by atoms with Crippen LogP contribution in [-0.4, -0.2) is 30.1 Å². The minimum Gasteiger partial charge on any atom is -0.376 e. The van der Waals surface area contributed by atoms with Crippen LogP contribution >= 0.6 is 11.3 Å². The van der Waals surface area contributed by atoms with E-state index in [4.69, 9.17) is 9.72 Å². The van der Waals surface area contributed by atoms with Crippen LogP contribution in [0.25, 0.3) is 10.2 Å². The van der Waals surface area contributed by atoms with Crippen LogP contribution in [0.4, 0.5) is 5.13 Å². The number of aryl methyl sites for hydroxylation is 1. The Morgan fingerprint density at radius 3 is 2.83 bits per heavy atom. The predicted molar refractivity (Wildman–Crippen MR) is 95.1 cm³/mol. The van der Waals surface area contributed by atoms with Crippen LogP contribution in [0.2, 0.25) is 0 Å². The van der Waals surface area contributed by atoms with Gasteiger partial charge in [-0.25, -0.2) is 4.98 Å². The SMILES string of the molecule is Cc1cccc2sc(N(CC3CCCO3)C(=O)C(C)(C)C)nc12. The highest BCUT2D eigenvalue weighted by atomic mass is 32.1. The number of ether oxygens (including phenoxy) is 1. The standard InChI is InChI=1S/C18H24N2O2S/c1-12-7-5-9-14-15(12)19-17(23-14)20(16(21)18(2,3)4)11-13-8-6-10-22-13/h5,7,9,13H,6,8,10-11H2,1-4H3. The molecule has 0 aliphatic carbocycles. The third-order valence-corrected chi connectivity index (χ3v) is 5.18. The van der Waals surface area contributed by atoms with E-state index in [-0.39, 0.29) is 12.0 Å². The van der Waals surface area contributed by atoms with Crippen LogP contribution in [0.5, 0.6) is 0 Å². The molecule has 0 saturated carbocycles. The minimum atomic E-state index is -0.439. The summed E-state index contributed by atoms with van der Waals surface area (Å²) >= 11 is 1.59. The van der Waals surface area contributed by atoms with E-state index in [1.807, 2.05) is 31.7 Å². The van der Waals surface area contributed by atoms with E-state index in [0.29, 0.717) is 6.54 Å². The summed E-state index contributed by atoms with van der Waals surface area (Å²) in [6.07, 6.45) is 2.20. The highest BCUT2D eigenvalue weighted by Crippen LogP contribution is 2.33. The van der Waals surface area contributed by atoms with Gasteiger partial charge in [0.2, 0.25) is 5.91 Å². The van der Waals surface area contributed by atoms with Crippen LogP contribution < -0.4 is 4.90 Å². The zero-order chi connectivity index (χ0) is 16.6. The molecule has 2 heterocycles. The Labute approximate surface area is 141 Å². The van der Waals surface area contributed by atoms with Gasteiger partial charge in [0, 0.05) is 12.0 Å². The second kappa shape index (κ2) is 6.21. The maximum atomic E-state index is 13.0. The van der Waals surface area contributed by atoms with Crippen molar-refractivity contribution in [1.29, 1.82) is 0 Å². The molecule has 2 aromatic rings. The lowest BCUT2D eigenvalue weighted by Crippen LogP contribution is -2.43. The fraction of sp³-hybridized carbons (Fsp3) is 0.556. The molecule has 0 bridgehead atoms. The molecule has 4 nitrogen and oxygen atoms in total. The zero-order valence-corrected chi connectivity index (χ0v) is 15.1. The second-order valence-electron chi connectivity index (χ2n) is 7.22. The molecule has 1 aromatic carbocycles.